The number of unbranched alkanes of at least 4 members (excludes halogenated alkanes) is 1. The summed E-state index contributed by atoms with van der Waals surface area (Å²) in [5.74, 6) is -3.18. The van der Waals surface area contributed by atoms with E-state index in [1.165, 1.54) is 11.8 Å². The molecule has 21 heteroatoms. The van der Waals surface area contributed by atoms with Crippen LogP contribution in [0.5, 0.6) is 0 Å². The molecular formula is C38H73N5O16. The van der Waals surface area contributed by atoms with Gasteiger partial charge in [-0.2, -0.15) is 0 Å². The topological polar surface area (TPSA) is 263 Å². The van der Waals surface area contributed by atoms with E-state index in [0.29, 0.717) is 138 Å². The second-order valence-electron chi connectivity index (χ2n) is 13.9. The van der Waals surface area contributed by atoms with E-state index in [1.54, 1.807) is 27.9 Å². The van der Waals surface area contributed by atoms with Gasteiger partial charge in [-0.15, -0.1) is 0 Å². The highest BCUT2D eigenvalue weighted by Crippen LogP contribution is 2.15. The smallest absolute Gasteiger partial charge is 0.325 e. The van der Waals surface area contributed by atoms with Gasteiger partial charge in [0.1, 0.15) is 19.2 Å². The van der Waals surface area contributed by atoms with Crippen LogP contribution < -0.4 is 21.7 Å². The van der Waals surface area contributed by atoms with Crippen molar-refractivity contribution < 1.29 is 76.4 Å². The highest BCUT2D eigenvalue weighted by molar-refractivity contribution is 5.91. The molecule has 0 unspecified atom stereocenters. The third-order valence-corrected chi connectivity index (χ3v) is 7.79. The molecule has 0 aliphatic carbocycles. The Balaban J connectivity index is 3.67. The molecule has 0 fully saturated rings. The Labute approximate surface area is 349 Å². The lowest BCUT2D eigenvalue weighted by molar-refractivity contribution is -0.143. The average Bonchev–Trinajstić information content (AvgIpc) is 3.19. The van der Waals surface area contributed by atoms with Crippen molar-refractivity contribution in [3.63, 3.8) is 0 Å². The fraction of sp³-hybridized carbons (Fsp3) is 0.868. The molecule has 0 radical (unpaired) electrons. The standard InChI is InChI=1S/C38H73N5O16/c1-31(37(48)49)42-33(44)28-41-34(45)29-43(38(2,3)4)36(47)32(39)8-6-7-9-40-35(46)30-59-27-26-58-25-24-57-23-22-56-21-20-55-19-18-54-17-16-53-15-14-52-13-12-51-11-10-50-5/h31-32H,6-30,39H2,1-5H3,(H,40,46)(H,41,45)(H,42,44)(H,48,49)/t31-,32-/m0/s1. The van der Waals surface area contributed by atoms with Gasteiger partial charge in [-0.05, 0) is 47.0 Å². The summed E-state index contributed by atoms with van der Waals surface area (Å²) in [4.78, 5) is 61.7. The van der Waals surface area contributed by atoms with E-state index in [2.05, 4.69) is 16.0 Å². The number of hydrogen-bond donors (Lipinski definition) is 5. The number of carbonyl (C=O) groups excluding carboxylic acids is 4. The minimum atomic E-state index is -1.21. The van der Waals surface area contributed by atoms with E-state index in [0.717, 1.165) is 0 Å². The van der Waals surface area contributed by atoms with Gasteiger partial charge in [-0.3, -0.25) is 24.0 Å². The van der Waals surface area contributed by atoms with Crippen LogP contribution >= 0.6 is 0 Å². The summed E-state index contributed by atoms with van der Waals surface area (Å²) >= 11 is 0. The third-order valence-electron chi connectivity index (χ3n) is 7.79. The van der Waals surface area contributed by atoms with Gasteiger partial charge in [0.2, 0.25) is 23.6 Å². The molecule has 0 aromatic rings. The van der Waals surface area contributed by atoms with Crippen molar-refractivity contribution in [1.82, 2.24) is 20.9 Å². The molecule has 21 nitrogen and oxygen atoms in total. The summed E-state index contributed by atoms with van der Waals surface area (Å²) in [6.07, 6.45) is 1.46. The molecule has 0 rings (SSSR count). The lowest BCUT2D eigenvalue weighted by atomic mass is 10.0. The second kappa shape index (κ2) is 37.9. The van der Waals surface area contributed by atoms with Crippen LogP contribution in [0, 0.1) is 0 Å². The van der Waals surface area contributed by atoms with Gasteiger partial charge < -0.3 is 79.1 Å². The van der Waals surface area contributed by atoms with Crippen LogP contribution in [0.1, 0.15) is 47.0 Å². The number of carboxylic acids is 1. The van der Waals surface area contributed by atoms with Crippen molar-refractivity contribution in [3.8, 4) is 0 Å². The van der Waals surface area contributed by atoms with E-state index in [-0.39, 0.29) is 25.7 Å². The normalized spacial score (nSPS) is 12.5. The molecule has 6 N–H and O–H groups in total. The summed E-state index contributed by atoms with van der Waals surface area (Å²) in [5, 5.41) is 16.3. The number of methoxy groups -OCH3 is 1. The summed E-state index contributed by atoms with van der Waals surface area (Å²) in [6, 6.07) is -1.98. The fourth-order valence-corrected chi connectivity index (χ4v) is 4.54. The van der Waals surface area contributed by atoms with Gasteiger partial charge in [0, 0.05) is 19.2 Å². The molecule has 0 aromatic carbocycles. The zero-order valence-electron chi connectivity index (χ0n) is 35.9. The number of nitrogens with zero attached hydrogens (tertiary/aromatic N) is 1. The Bertz CT molecular complexity index is 1100. The number of carbonyl (C=O) groups is 5. The summed E-state index contributed by atoms with van der Waals surface area (Å²) in [6.45, 7) is 14.3. The molecule has 0 aromatic heterocycles. The molecule has 2 atom stereocenters. The first kappa shape index (κ1) is 55.9. The summed E-state index contributed by atoms with van der Waals surface area (Å²) < 4.78 is 53.6. The molecule has 0 spiro atoms. The van der Waals surface area contributed by atoms with Gasteiger partial charge >= 0.3 is 5.97 Å². The highest BCUT2D eigenvalue weighted by atomic mass is 16.6. The molecule has 59 heavy (non-hydrogen) atoms. The van der Waals surface area contributed by atoms with Crippen LogP contribution in [0.4, 0.5) is 0 Å². The van der Waals surface area contributed by atoms with Crippen molar-refractivity contribution >= 4 is 29.6 Å². The van der Waals surface area contributed by atoms with Gasteiger partial charge in [0.15, 0.2) is 0 Å². The first-order valence-corrected chi connectivity index (χ1v) is 20.1. The third kappa shape index (κ3) is 35.4. The summed E-state index contributed by atoms with van der Waals surface area (Å²) in [7, 11) is 1.63. The quantitative estimate of drug-likeness (QED) is 0.0449. The van der Waals surface area contributed by atoms with Gasteiger partial charge in [0.25, 0.3) is 0 Å². The average molecular weight is 856 g/mol. The number of rotatable bonds is 41. The van der Waals surface area contributed by atoms with Crippen LogP contribution in [0.15, 0.2) is 0 Å². The summed E-state index contributed by atoms with van der Waals surface area (Å²) in [5.41, 5.74) is 5.41. The molecule has 0 saturated heterocycles. The monoisotopic (exact) mass is 856 g/mol. The van der Waals surface area contributed by atoms with Gasteiger partial charge in [-0.1, -0.05) is 0 Å². The van der Waals surface area contributed by atoms with Crippen LogP contribution in [-0.4, -0.2) is 210 Å². The van der Waals surface area contributed by atoms with Crippen LogP contribution in [0.2, 0.25) is 0 Å². The minimum Gasteiger partial charge on any atom is -0.480 e. The maximum absolute atomic E-state index is 13.1. The number of carboxylic acid groups (broad SMARTS) is 1. The van der Waals surface area contributed by atoms with Crippen molar-refractivity contribution in [2.75, 3.05) is 152 Å². The molecule has 0 aliphatic heterocycles. The molecule has 346 valence electrons. The Kier molecular flexibility index (Phi) is 35.9. The molecule has 4 amide bonds. The Morgan fingerprint density at radius 2 is 1.00 bits per heavy atom. The predicted molar refractivity (Wildman–Crippen MR) is 214 cm³/mol. The maximum atomic E-state index is 13.1. The van der Waals surface area contributed by atoms with Crippen molar-refractivity contribution in [1.29, 1.82) is 0 Å². The maximum Gasteiger partial charge on any atom is 0.325 e. The highest BCUT2D eigenvalue weighted by Gasteiger charge is 2.31. The molecule has 0 aliphatic rings. The number of aliphatic carboxylic acids is 1. The minimum absolute atomic E-state index is 0.117. The number of nitrogens with one attached hydrogen (secondary N) is 3. The van der Waals surface area contributed by atoms with Crippen molar-refractivity contribution in [3.05, 3.63) is 0 Å². The predicted octanol–water partition coefficient (Wildman–Crippen LogP) is -1.27. The Morgan fingerprint density at radius 1 is 0.593 bits per heavy atom. The zero-order chi connectivity index (χ0) is 44.0. The lowest BCUT2D eigenvalue weighted by Gasteiger charge is -2.37. The zero-order valence-corrected chi connectivity index (χ0v) is 35.9. The van der Waals surface area contributed by atoms with Crippen LogP contribution in [0.3, 0.4) is 0 Å². The van der Waals surface area contributed by atoms with E-state index in [1.807, 2.05) is 0 Å². The van der Waals surface area contributed by atoms with E-state index < -0.39 is 47.9 Å². The van der Waals surface area contributed by atoms with E-state index in [4.69, 9.17) is 58.2 Å². The largest absolute Gasteiger partial charge is 0.480 e. The van der Waals surface area contributed by atoms with E-state index in [9.17, 15) is 24.0 Å². The Morgan fingerprint density at radius 3 is 1.39 bits per heavy atom. The number of nitrogens with two attached hydrogens (primary N) is 1. The Hall–Kier alpha value is -3.09. The first-order valence-electron chi connectivity index (χ1n) is 20.1. The first-order chi connectivity index (χ1) is 28.3. The van der Waals surface area contributed by atoms with Gasteiger partial charge in [0.05, 0.1) is 132 Å². The molecular weight excluding hydrogens is 782 g/mol. The molecule has 0 bridgehead atoms. The van der Waals surface area contributed by atoms with E-state index >= 15 is 0 Å². The lowest BCUT2D eigenvalue weighted by Crippen LogP contribution is -2.56. The van der Waals surface area contributed by atoms with Crippen molar-refractivity contribution in [2.24, 2.45) is 5.73 Å². The molecule has 0 heterocycles. The molecule has 0 saturated carbocycles. The van der Waals surface area contributed by atoms with Crippen molar-refractivity contribution in [2.45, 2.75) is 64.6 Å². The number of ether oxygens (including phenoxy) is 10. The van der Waals surface area contributed by atoms with Crippen LogP contribution in [0.25, 0.3) is 0 Å². The van der Waals surface area contributed by atoms with Gasteiger partial charge in [-0.25, -0.2) is 0 Å². The fourth-order valence-electron chi connectivity index (χ4n) is 4.54. The second-order valence-corrected chi connectivity index (χ2v) is 13.9. The van der Waals surface area contributed by atoms with Crippen LogP contribution in [-0.2, 0) is 71.3 Å². The number of amides is 4. The number of hydrogen-bond acceptors (Lipinski definition) is 16. The SMILES string of the molecule is COCCOCCOCCOCCOCCOCCOCCOCCOCCOCC(=O)NCCCC[C@H](N)C(=O)N(CC(=O)NCC(=O)N[C@@H](C)C(=O)O)C(C)(C)C.